The summed E-state index contributed by atoms with van der Waals surface area (Å²) in [5.74, 6) is -0.216. The maximum atomic E-state index is 11.0. The van der Waals surface area contributed by atoms with Gasteiger partial charge in [0.25, 0.3) is 10.1 Å². The van der Waals surface area contributed by atoms with Crippen LogP contribution in [0.2, 0.25) is 0 Å². The Labute approximate surface area is 147 Å². The Hall–Kier alpha value is -1.50. The van der Waals surface area contributed by atoms with Crippen LogP contribution < -0.4 is 0 Å². The van der Waals surface area contributed by atoms with Crippen molar-refractivity contribution in [1.82, 2.24) is 0 Å². The van der Waals surface area contributed by atoms with Gasteiger partial charge in [-0.15, -0.1) is 0 Å². The highest BCUT2D eigenvalue weighted by Crippen LogP contribution is 2.39. The molecule has 0 aliphatic heterocycles. The molecular formula is C17H21O6PS. The van der Waals surface area contributed by atoms with Gasteiger partial charge in [-0.05, 0) is 41.5 Å². The van der Waals surface area contributed by atoms with Crippen molar-refractivity contribution in [2.24, 2.45) is 0 Å². The standard InChI is InChI=1S/C17H21O6PS/c18-24(19,20)13-15-6-10-17(11-7-15)16-8-4-14(5-9-16)3-1-2-12-25(21,22)23/h4-11H,1-3,12-13H2,(H2,18,19,20)(H,21,22,23). The van der Waals surface area contributed by atoms with Gasteiger partial charge in [-0.1, -0.05) is 48.5 Å². The summed E-state index contributed by atoms with van der Waals surface area (Å²) in [6.45, 7) is 0. The van der Waals surface area contributed by atoms with Gasteiger partial charge in [-0.25, -0.2) is 0 Å². The fourth-order valence-electron chi connectivity index (χ4n) is 2.52. The van der Waals surface area contributed by atoms with E-state index in [1.54, 1.807) is 12.1 Å². The van der Waals surface area contributed by atoms with Crippen molar-refractivity contribution < 1.29 is 27.3 Å². The van der Waals surface area contributed by atoms with Crippen molar-refractivity contribution in [3.8, 4) is 11.1 Å². The maximum Gasteiger partial charge on any atom is 0.329 e. The molecule has 8 heteroatoms. The monoisotopic (exact) mass is 384 g/mol. The maximum absolute atomic E-state index is 11.0. The van der Waals surface area contributed by atoms with Crippen molar-refractivity contribution in [3.63, 3.8) is 0 Å². The SMILES string of the molecule is O=P(O)(O)Cc1ccc(-c2ccc(CCCCS(=O)(=O)O)cc2)cc1. The first-order chi connectivity index (χ1) is 11.6. The Balaban J connectivity index is 1.94. The Morgan fingerprint density at radius 1 is 0.800 bits per heavy atom. The number of rotatable bonds is 8. The Morgan fingerprint density at radius 2 is 1.28 bits per heavy atom. The topological polar surface area (TPSA) is 112 Å². The summed E-state index contributed by atoms with van der Waals surface area (Å²) >= 11 is 0. The lowest BCUT2D eigenvalue weighted by molar-refractivity contribution is 0.371. The van der Waals surface area contributed by atoms with Crippen molar-refractivity contribution in [2.75, 3.05) is 5.75 Å². The highest BCUT2D eigenvalue weighted by Gasteiger charge is 2.13. The smallest absolute Gasteiger partial charge is 0.324 e. The quantitative estimate of drug-likeness (QED) is 0.366. The van der Waals surface area contributed by atoms with Crippen LogP contribution in [0.1, 0.15) is 24.0 Å². The van der Waals surface area contributed by atoms with Gasteiger partial charge in [0.2, 0.25) is 0 Å². The molecule has 3 N–H and O–H groups in total. The molecule has 0 saturated carbocycles. The number of hydrogen-bond donors (Lipinski definition) is 3. The molecule has 0 bridgehead atoms. The summed E-state index contributed by atoms with van der Waals surface area (Å²) in [6, 6.07) is 14.9. The molecule has 25 heavy (non-hydrogen) atoms. The van der Waals surface area contributed by atoms with Crippen LogP contribution in [0.5, 0.6) is 0 Å². The molecular weight excluding hydrogens is 363 g/mol. The van der Waals surface area contributed by atoms with Gasteiger partial charge in [-0.3, -0.25) is 9.12 Å². The lowest BCUT2D eigenvalue weighted by atomic mass is 10.0. The summed E-state index contributed by atoms with van der Waals surface area (Å²) in [7, 11) is -7.94. The zero-order valence-electron chi connectivity index (χ0n) is 13.6. The molecule has 0 aliphatic carbocycles. The minimum absolute atomic E-state index is 0.216. The second-order valence-corrected chi connectivity index (χ2v) is 9.18. The number of aryl methyl sites for hydroxylation is 1. The highest BCUT2D eigenvalue weighted by atomic mass is 32.2. The van der Waals surface area contributed by atoms with E-state index in [0.29, 0.717) is 18.4 Å². The largest absolute Gasteiger partial charge is 0.329 e. The molecule has 0 aliphatic rings. The first kappa shape index (κ1) is 19.8. The van der Waals surface area contributed by atoms with Gasteiger partial charge in [0.15, 0.2) is 0 Å². The van der Waals surface area contributed by atoms with Gasteiger partial charge < -0.3 is 9.79 Å². The van der Waals surface area contributed by atoms with Crippen LogP contribution in [-0.4, -0.2) is 28.5 Å². The predicted molar refractivity (Wildman–Crippen MR) is 97.0 cm³/mol. The van der Waals surface area contributed by atoms with Gasteiger partial charge >= 0.3 is 7.60 Å². The molecule has 2 aromatic carbocycles. The molecule has 0 atom stereocenters. The number of hydrogen-bond acceptors (Lipinski definition) is 3. The molecule has 0 spiro atoms. The third-order valence-corrected chi connectivity index (χ3v) is 5.33. The second-order valence-electron chi connectivity index (χ2n) is 5.96. The Bertz CT molecular complexity index is 838. The van der Waals surface area contributed by atoms with Crippen molar-refractivity contribution in [1.29, 1.82) is 0 Å². The molecule has 0 unspecified atom stereocenters. The van der Waals surface area contributed by atoms with Crippen LogP contribution in [0.25, 0.3) is 11.1 Å². The van der Waals surface area contributed by atoms with Crippen LogP contribution >= 0.6 is 7.60 Å². The molecule has 0 heterocycles. The lowest BCUT2D eigenvalue weighted by Gasteiger charge is -2.07. The third kappa shape index (κ3) is 7.50. The number of benzene rings is 2. The predicted octanol–water partition coefficient (Wildman–Crippen LogP) is 3.24. The fourth-order valence-corrected chi connectivity index (χ4v) is 3.77. The van der Waals surface area contributed by atoms with E-state index in [2.05, 4.69) is 0 Å². The van der Waals surface area contributed by atoms with Crippen LogP contribution in [0.3, 0.4) is 0 Å². The van der Waals surface area contributed by atoms with E-state index in [0.717, 1.165) is 23.1 Å². The summed E-state index contributed by atoms with van der Waals surface area (Å²) < 4.78 is 41.0. The molecule has 2 rings (SSSR count). The van der Waals surface area contributed by atoms with Crippen molar-refractivity contribution in [3.05, 3.63) is 59.7 Å². The summed E-state index contributed by atoms with van der Waals surface area (Å²) in [5, 5.41) is 0. The number of unbranched alkanes of at least 4 members (excludes halogenated alkanes) is 1. The average Bonchev–Trinajstić information content (AvgIpc) is 2.51. The van der Waals surface area contributed by atoms with Crippen LogP contribution in [-0.2, 0) is 27.3 Å². The zero-order valence-corrected chi connectivity index (χ0v) is 15.3. The average molecular weight is 384 g/mol. The zero-order chi connectivity index (χ0) is 18.5. The molecule has 2 aromatic rings. The fraction of sp³-hybridized carbons (Fsp3) is 0.294. The van der Waals surface area contributed by atoms with E-state index < -0.39 is 17.7 Å². The van der Waals surface area contributed by atoms with Gasteiger partial charge in [-0.2, -0.15) is 8.42 Å². The van der Waals surface area contributed by atoms with Gasteiger partial charge in [0, 0.05) is 0 Å². The molecule has 6 nitrogen and oxygen atoms in total. The minimum atomic E-state index is -4.06. The highest BCUT2D eigenvalue weighted by molar-refractivity contribution is 7.85. The van der Waals surface area contributed by atoms with Crippen LogP contribution in [0.15, 0.2) is 48.5 Å². The summed E-state index contributed by atoms with van der Waals surface area (Å²) in [5.41, 5.74) is 3.61. The van der Waals surface area contributed by atoms with Crippen LogP contribution in [0.4, 0.5) is 0 Å². The van der Waals surface area contributed by atoms with Gasteiger partial charge in [0.05, 0.1) is 11.9 Å². The minimum Gasteiger partial charge on any atom is -0.324 e. The van der Waals surface area contributed by atoms with E-state index in [1.165, 1.54) is 0 Å². The van der Waals surface area contributed by atoms with Gasteiger partial charge in [0.1, 0.15) is 0 Å². The van der Waals surface area contributed by atoms with Crippen LogP contribution in [0, 0.1) is 0 Å². The van der Waals surface area contributed by atoms with E-state index in [1.807, 2.05) is 36.4 Å². The second kappa shape index (κ2) is 8.25. The molecule has 0 saturated heterocycles. The molecule has 0 radical (unpaired) electrons. The molecule has 0 aromatic heterocycles. The third-order valence-electron chi connectivity index (χ3n) is 3.75. The van der Waals surface area contributed by atoms with E-state index in [9.17, 15) is 13.0 Å². The summed E-state index contributed by atoms with van der Waals surface area (Å²) in [6.07, 6.45) is 1.56. The first-order valence-corrected chi connectivity index (χ1v) is 11.2. The lowest BCUT2D eigenvalue weighted by Crippen LogP contribution is -2.03. The molecule has 0 amide bonds. The van der Waals surface area contributed by atoms with E-state index >= 15 is 0 Å². The first-order valence-electron chi connectivity index (χ1n) is 7.80. The van der Waals surface area contributed by atoms with E-state index in [-0.39, 0.29) is 11.9 Å². The molecule has 136 valence electrons. The van der Waals surface area contributed by atoms with E-state index in [4.69, 9.17) is 14.3 Å². The van der Waals surface area contributed by atoms with Crippen molar-refractivity contribution >= 4 is 17.7 Å². The normalized spacial score (nSPS) is 12.3. The van der Waals surface area contributed by atoms with Crippen molar-refractivity contribution in [2.45, 2.75) is 25.4 Å². The Morgan fingerprint density at radius 3 is 1.72 bits per heavy atom. The molecule has 0 fully saturated rings. The summed E-state index contributed by atoms with van der Waals surface area (Å²) in [4.78, 5) is 18.0. The Kier molecular flexibility index (Phi) is 6.54.